The van der Waals surface area contributed by atoms with Gasteiger partial charge in [-0.1, -0.05) is 29.8 Å². The Morgan fingerprint density at radius 2 is 2.07 bits per heavy atom. The van der Waals surface area contributed by atoms with E-state index in [0.717, 1.165) is 40.7 Å². The van der Waals surface area contributed by atoms with Crippen LogP contribution in [0.3, 0.4) is 0 Å². The second-order valence-corrected chi connectivity index (χ2v) is 8.41. The summed E-state index contributed by atoms with van der Waals surface area (Å²) in [6, 6.07) is 15.3. The number of benzene rings is 2. The second-order valence-electron chi connectivity index (χ2n) is 8.03. The Kier molecular flexibility index (Phi) is 4.80. The molecular weight excluding hydrogens is 396 g/mol. The molecule has 3 N–H and O–H groups in total. The van der Waals surface area contributed by atoms with Gasteiger partial charge in [-0.3, -0.25) is 4.68 Å². The summed E-state index contributed by atoms with van der Waals surface area (Å²) >= 11 is 6.36. The molecule has 2 aromatic carbocycles. The van der Waals surface area contributed by atoms with Crippen molar-refractivity contribution in [2.24, 2.45) is 0 Å². The van der Waals surface area contributed by atoms with Crippen LogP contribution in [0.25, 0.3) is 10.9 Å². The topological polar surface area (TPSA) is 59.4 Å². The number of nitrogens with two attached hydrogens (primary N) is 1. The number of aryl methyl sites for hydroxylation is 1. The number of para-hydroxylation sites is 1. The summed E-state index contributed by atoms with van der Waals surface area (Å²) in [4.78, 5) is 3.68. The van der Waals surface area contributed by atoms with Gasteiger partial charge < -0.3 is 15.0 Å². The number of quaternary nitrogens is 1. The minimum atomic E-state index is 0.245. The molecule has 30 heavy (non-hydrogen) atoms. The van der Waals surface area contributed by atoms with Crippen molar-refractivity contribution in [1.82, 2.24) is 14.8 Å². The van der Waals surface area contributed by atoms with Crippen molar-refractivity contribution < 1.29 is 10.1 Å². The van der Waals surface area contributed by atoms with Crippen molar-refractivity contribution in [2.45, 2.75) is 32.9 Å². The van der Waals surface area contributed by atoms with Gasteiger partial charge >= 0.3 is 0 Å². The van der Waals surface area contributed by atoms with Gasteiger partial charge in [0.25, 0.3) is 0 Å². The van der Waals surface area contributed by atoms with Gasteiger partial charge in [-0.25, -0.2) is 0 Å². The van der Waals surface area contributed by atoms with Gasteiger partial charge in [0.1, 0.15) is 5.75 Å². The number of methoxy groups -OCH3 is 1. The Morgan fingerprint density at radius 3 is 2.83 bits per heavy atom. The molecule has 0 radical (unpaired) electrons. The molecule has 1 aliphatic heterocycles. The highest BCUT2D eigenvalue weighted by Gasteiger charge is 2.29. The standard InChI is InChI=1S/C24H25ClN4O/c1-14-22(25)15(2)29(28-14)13-17-12-16(8-9-21(17)30-3)23-24-19(10-11-26-23)18-6-4-5-7-20(18)27-24/h4-9,12,23,26-27H,10-11,13H2,1-3H3/p+1/t23-/m0/s1. The zero-order chi connectivity index (χ0) is 20.8. The molecule has 4 aromatic rings. The number of rotatable bonds is 4. The lowest BCUT2D eigenvalue weighted by molar-refractivity contribution is -0.690. The monoisotopic (exact) mass is 421 g/mol. The number of nitrogens with one attached hydrogen (secondary N) is 1. The normalized spacial score (nSPS) is 16.1. The molecule has 2 aromatic heterocycles. The van der Waals surface area contributed by atoms with Crippen LogP contribution in [0.2, 0.25) is 5.02 Å². The number of hydrogen-bond acceptors (Lipinski definition) is 2. The van der Waals surface area contributed by atoms with E-state index in [2.05, 4.69) is 57.9 Å². The summed E-state index contributed by atoms with van der Waals surface area (Å²) in [5.41, 5.74) is 8.18. The van der Waals surface area contributed by atoms with Crippen molar-refractivity contribution in [3.63, 3.8) is 0 Å². The molecule has 1 atom stereocenters. The van der Waals surface area contributed by atoms with Crippen LogP contribution >= 0.6 is 11.6 Å². The minimum absolute atomic E-state index is 0.245. The summed E-state index contributed by atoms with van der Waals surface area (Å²) in [5, 5.41) is 9.10. The highest BCUT2D eigenvalue weighted by Crippen LogP contribution is 2.33. The number of ether oxygens (including phenoxy) is 1. The van der Waals surface area contributed by atoms with E-state index in [1.807, 2.05) is 18.5 Å². The van der Waals surface area contributed by atoms with Crippen LogP contribution < -0.4 is 10.1 Å². The van der Waals surface area contributed by atoms with Crippen LogP contribution in [0.1, 0.15) is 39.8 Å². The summed E-state index contributed by atoms with van der Waals surface area (Å²) < 4.78 is 7.62. The van der Waals surface area contributed by atoms with E-state index in [1.165, 1.54) is 27.7 Å². The van der Waals surface area contributed by atoms with Gasteiger partial charge in [0.2, 0.25) is 0 Å². The summed E-state index contributed by atoms with van der Waals surface area (Å²) in [6.45, 7) is 5.65. The number of aromatic amines is 1. The number of aromatic nitrogens is 3. The van der Waals surface area contributed by atoms with Gasteiger partial charge in [0.15, 0.2) is 6.04 Å². The second kappa shape index (κ2) is 7.49. The summed E-state index contributed by atoms with van der Waals surface area (Å²) in [5.74, 6) is 0.870. The maximum atomic E-state index is 6.36. The molecule has 3 heterocycles. The molecule has 1 aliphatic rings. The first kappa shape index (κ1) is 19.2. The fourth-order valence-corrected chi connectivity index (χ4v) is 4.81. The van der Waals surface area contributed by atoms with Crippen LogP contribution in [0.5, 0.6) is 5.75 Å². The van der Waals surface area contributed by atoms with Gasteiger partial charge in [0, 0.05) is 28.5 Å². The first-order valence-corrected chi connectivity index (χ1v) is 10.7. The molecule has 0 saturated carbocycles. The lowest BCUT2D eigenvalue weighted by Crippen LogP contribution is -2.87. The van der Waals surface area contributed by atoms with Crippen LogP contribution in [0.4, 0.5) is 0 Å². The quantitative estimate of drug-likeness (QED) is 0.525. The highest BCUT2D eigenvalue weighted by atomic mass is 35.5. The van der Waals surface area contributed by atoms with Crippen molar-refractivity contribution in [1.29, 1.82) is 0 Å². The fraction of sp³-hybridized carbons (Fsp3) is 0.292. The van der Waals surface area contributed by atoms with E-state index >= 15 is 0 Å². The molecule has 0 saturated heterocycles. The van der Waals surface area contributed by atoms with E-state index in [4.69, 9.17) is 16.3 Å². The predicted molar refractivity (Wildman–Crippen MR) is 119 cm³/mol. The molecule has 0 fully saturated rings. The average molecular weight is 422 g/mol. The molecule has 0 unspecified atom stereocenters. The van der Waals surface area contributed by atoms with Crippen molar-refractivity contribution in [3.8, 4) is 5.75 Å². The van der Waals surface area contributed by atoms with Crippen LogP contribution in [0, 0.1) is 13.8 Å². The first-order valence-electron chi connectivity index (χ1n) is 10.4. The third-order valence-electron chi connectivity index (χ3n) is 6.23. The zero-order valence-electron chi connectivity index (χ0n) is 17.5. The summed E-state index contributed by atoms with van der Waals surface area (Å²) in [6.07, 6.45) is 1.09. The Balaban J connectivity index is 1.56. The summed E-state index contributed by atoms with van der Waals surface area (Å²) in [7, 11) is 1.72. The molecule has 0 bridgehead atoms. The molecule has 5 rings (SSSR count). The molecule has 0 amide bonds. The lowest BCUT2D eigenvalue weighted by Gasteiger charge is -2.22. The van der Waals surface area contributed by atoms with Gasteiger partial charge in [0.05, 0.1) is 42.3 Å². The zero-order valence-corrected chi connectivity index (χ0v) is 18.3. The molecule has 6 heteroatoms. The Labute approximate surface area is 181 Å². The van der Waals surface area contributed by atoms with Gasteiger partial charge in [-0.05, 0) is 43.7 Å². The number of fused-ring (bicyclic) bond motifs is 3. The minimum Gasteiger partial charge on any atom is -0.496 e. The van der Waals surface area contributed by atoms with E-state index < -0.39 is 0 Å². The van der Waals surface area contributed by atoms with Crippen molar-refractivity contribution in [2.75, 3.05) is 13.7 Å². The maximum absolute atomic E-state index is 6.36. The van der Waals surface area contributed by atoms with E-state index in [1.54, 1.807) is 7.11 Å². The third-order valence-corrected chi connectivity index (χ3v) is 6.78. The number of nitrogens with zero attached hydrogens (tertiary/aromatic N) is 2. The Morgan fingerprint density at radius 1 is 1.23 bits per heavy atom. The Bertz CT molecular complexity index is 1240. The molecule has 0 spiro atoms. The van der Waals surface area contributed by atoms with Crippen LogP contribution in [-0.2, 0) is 13.0 Å². The maximum Gasteiger partial charge on any atom is 0.153 e. The number of halogens is 1. The van der Waals surface area contributed by atoms with Gasteiger partial charge in [-0.2, -0.15) is 5.10 Å². The van der Waals surface area contributed by atoms with E-state index in [9.17, 15) is 0 Å². The number of H-pyrrole nitrogens is 1. The van der Waals surface area contributed by atoms with E-state index in [0.29, 0.717) is 6.54 Å². The largest absolute Gasteiger partial charge is 0.496 e. The molecule has 5 nitrogen and oxygen atoms in total. The lowest BCUT2D eigenvalue weighted by atomic mass is 9.93. The van der Waals surface area contributed by atoms with Crippen molar-refractivity contribution >= 4 is 22.5 Å². The molecular formula is C24H26ClN4O+. The smallest absolute Gasteiger partial charge is 0.153 e. The average Bonchev–Trinajstić information content (AvgIpc) is 3.26. The fourth-order valence-electron chi connectivity index (χ4n) is 4.68. The van der Waals surface area contributed by atoms with E-state index in [-0.39, 0.29) is 6.04 Å². The molecule has 0 aliphatic carbocycles. The van der Waals surface area contributed by atoms with Crippen LogP contribution in [-0.4, -0.2) is 28.4 Å². The SMILES string of the molecule is COc1ccc([C@@H]2[NH2+]CCc3c2[nH]c2ccccc32)cc1Cn1nc(C)c(Cl)c1C. The number of hydrogen-bond donors (Lipinski definition) is 2. The third kappa shape index (κ3) is 3.09. The van der Waals surface area contributed by atoms with Crippen molar-refractivity contribution in [3.05, 3.63) is 81.3 Å². The first-order chi connectivity index (χ1) is 14.6. The van der Waals surface area contributed by atoms with Crippen LogP contribution in [0.15, 0.2) is 42.5 Å². The molecule has 154 valence electrons. The van der Waals surface area contributed by atoms with Gasteiger partial charge in [-0.15, -0.1) is 0 Å². The highest BCUT2D eigenvalue weighted by molar-refractivity contribution is 6.31. The predicted octanol–water partition coefficient (Wildman–Crippen LogP) is 3.90. The Hall–Kier alpha value is -2.76.